The van der Waals surface area contributed by atoms with Crippen LogP contribution in [0.3, 0.4) is 0 Å². The third-order valence-corrected chi connectivity index (χ3v) is 3.66. The minimum absolute atomic E-state index is 0.173. The van der Waals surface area contributed by atoms with Crippen LogP contribution in [0, 0.1) is 5.92 Å². The number of benzene rings is 1. The van der Waals surface area contributed by atoms with Crippen LogP contribution in [0.2, 0.25) is 0 Å². The molecule has 0 aliphatic carbocycles. The first-order chi connectivity index (χ1) is 9.15. The predicted molar refractivity (Wildman–Crippen MR) is 71.6 cm³/mol. The number of esters is 1. The molecule has 0 bridgehead atoms. The monoisotopic (exact) mass is 261 g/mol. The van der Waals surface area contributed by atoms with Crippen molar-refractivity contribution in [3.05, 3.63) is 35.4 Å². The summed E-state index contributed by atoms with van der Waals surface area (Å²) in [4.78, 5) is 25.4. The Hall–Kier alpha value is -1.84. The Bertz CT molecular complexity index is 484. The molecule has 1 fully saturated rings. The molecule has 1 amide bonds. The fourth-order valence-corrected chi connectivity index (χ4v) is 2.45. The van der Waals surface area contributed by atoms with E-state index in [-0.39, 0.29) is 11.9 Å². The molecular formula is C15H19NO3. The largest absolute Gasteiger partial charge is 0.465 e. The summed E-state index contributed by atoms with van der Waals surface area (Å²) < 4.78 is 4.77. The quantitative estimate of drug-likeness (QED) is 0.781. The molecule has 1 heterocycles. The van der Waals surface area contributed by atoms with Crippen LogP contribution >= 0.6 is 0 Å². The summed E-state index contributed by atoms with van der Waals surface area (Å²) in [7, 11) is 1.37. The average molecular weight is 261 g/mol. The molecule has 1 saturated heterocycles. The minimum atomic E-state index is -0.353. The summed E-state index contributed by atoms with van der Waals surface area (Å²) in [5.41, 5.74) is 1.39. The lowest BCUT2D eigenvalue weighted by Crippen LogP contribution is -2.25. The SMILES string of the molecule is CCC1CC(=O)N(Cc2ccccc2C(=O)OC)C1. The number of hydrogen-bond donors (Lipinski definition) is 0. The number of nitrogens with zero attached hydrogens (tertiary/aromatic N) is 1. The lowest BCUT2D eigenvalue weighted by Gasteiger charge is -2.18. The van der Waals surface area contributed by atoms with Gasteiger partial charge in [-0.05, 0) is 17.5 Å². The van der Waals surface area contributed by atoms with Crippen LogP contribution in [-0.2, 0) is 16.1 Å². The Kier molecular flexibility index (Phi) is 4.20. The Morgan fingerprint density at radius 1 is 1.42 bits per heavy atom. The fourth-order valence-electron chi connectivity index (χ4n) is 2.45. The van der Waals surface area contributed by atoms with Crippen LogP contribution in [-0.4, -0.2) is 30.4 Å². The number of ether oxygens (including phenoxy) is 1. The van der Waals surface area contributed by atoms with Crippen molar-refractivity contribution in [3.63, 3.8) is 0 Å². The molecule has 0 aromatic heterocycles. The van der Waals surface area contributed by atoms with Crippen molar-refractivity contribution >= 4 is 11.9 Å². The maximum absolute atomic E-state index is 11.9. The van der Waals surface area contributed by atoms with Crippen LogP contribution in [0.1, 0.15) is 35.7 Å². The zero-order valence-electron chi connectivity index (χ0n) is 11.4. The maximum Gasteiger partial charge on any atom is 0.338 e. The number of hydrogen-bond acceptors (Lipinski definition) is 3. The standard InChI is InChI=1S/C15H19NO3/c1-3-11-8-14(17)16(9-11)10-12-6-4-5-7-13(12)15(18)19-2/h4-7,11H,3,8-10H2,1-2H3. The van der Waals surface area contributed by atoms with E-state index in [4.69, 9.17) is 4.74 Å². The normalized spacial score (nSPS) is 18.7. The first-order valence-electron chi connectivity index (χ1n) is 6.59. The van der Waals surface area contributed by atoms with Gasteiger partial charge in [0, 0.05) is 19.5 Å². The van der Waals surface area contributed by atoms with Gasteiger partial charge >= 0.3 is 5.97 Å². The van der Waals surface area contributed by atoms with Crippen molar-refractivity contribution in [1.82, 2.24) is 4.90 Å². The van der Waals surface area contributed by atoms with Gasteiger partial charge in [-0.3, -0.25) is 4.79 Å². The van der Waals surface area contributed by atoms with Gasteiger partial charge in [0.15, 0.2) is 0 Å². The van der Waals surface area contributed by atoms with E-state index in [0.29, 0.717) is 24.4 Å². The number of rotatable bonds is 4. The number of methoxy groups -OCH3 is 1. The fraction of sp³-hybridized carbons (Fsp3) is 0.467. The molecule has 0 spiro atoms. The van der Waals surface area contributed by atoms with Gasteiger partial charge in [0.25, 0.3) is 0 Å². The second-order valence-corrected chi connectivity index (χ2v) is 4.90. The summed E-state index contributed by atoms with van der Waals surface area (Å²) in [5, 5.41) is 0. The highest BCUT2D eigenvalue weighted by Crippen LogP contribution is 2.23. The molecule has 1 atom stereocenters. The molecule has 0 radical (unpaired) electrons. The zero-order valence-corrected chi connectivity index (χ0v) is 11.4. The zero-order chi connectivity index (χ0) is 13.8. The van der Waals surface area contributed by atoms with E-state index >= 15 is 0 Å². The van der Waals surface area contributed by atoms with Crippen molar-refractivity contribution in [2.75, 3.05) is 13.7 Å². The van der Waals surface area contributed by atoms with Crippen LogP contribution < -0.4 is 0 Å². The van der Waals surface area contributed by atoms with Crippen molar-refractivity contribution in [1.29, 1.82) is 0 Å². The van der Waals surface area contributed by atoms with Gasteiger partial charge in [-0.15, -0.1) is 0 Å². The second-order valence-electron chi connectivity index (χ2n) is 4.90. The highest BCUT2D eigenvalue weighted by molar-refractivity contribution is 5.91. The van der Waals surface area contributed by atoms with Crippen LogP contribution in [0.4, 0.5) is 0 Å². The molecular weight excluding hydrogens is 242 g/mol. The summed E-state index contributed by atoms with van der Waals surface area (Å²) in [6, 6.07) is 7.29. The first-order valence-corrected chi connectivity index (χ1v) is 6.59. The number of carbonyl (C=O) groups is 2. The highest BCUT2D eigenvalue weighted by Gasteiger charge is 2.28. The van der Waals surface area contributed by atoms with Gasteiger partial charge in [-0.2, -0.15) is 0 Å². The third kappa shape index (κ3) is 2.95. The van der Waals surface area contributed by atoms with Crippen LogP contribution in [0.15, 0.2) is 24.3 Å². The van der Waals surface area contributed by atoms with E-state index in [1.807, 2.05) is 17.0 Å². The Balaban J connectivity index is 2.15. The molecule has 1 unspecified atom stereocenters. The lowest BCUT2D eigenvalue weighted by atomic mass is 10.1. The first kappa shape index (κ1) is 13.6. The van der Waals surface area contributed by atoms with Crippen LogP contribution in [0.5, 0.6) is 0 Å². The molecule has 19 heavy (non-hydrogen) atoms. The second kappa shape index (κ2) is 5.87. The maximum atomic E-state index is 11.9. The van der Waals surface area contributed by atoms with E-state index in [1.54, 1.807) is 12.1 Å². The summed E-state index contributed by atoms with van der Waals surface area (Å²) >= 11 is 0. The molecule has 4 nitrogen and oxygen atoms in total. The molecule has 4 heteroatoms. The topological polar surface area (TPSA) is 46.6 Å². The summed E-state index contributed by atoms with van der Waals surface area (Å²) in [5.74, 6) is 0.263. The van der Waals surface area contributed by atoms with E-state index in [2.05, 4.69) is 6.92 Å². The highest BCUT2D eigenvalue weighted by atomic mass is 16.5. The molecule has 1 aliphatic rings. The average Bonchev–Trinajstić information content (AvgIpc) is 2.79. The Labute approximate surface area is 113 Å². The minimum Gasteiger partial charge on any atom is -0.465 e. The van der Waals surface area contributed by atoms with Crippen molar-refractivity contribution in [2.45, 2.75) is 26.3 Å². The lowest BCUT2D eigenvalue weighted by molar-refractivity contribution is -0.128. The summed E-state index contributed by atoms with van der Waals surface area (Å²) in [6.45, 7) is 3.37. The Morgan fingerprint density at radius 2 is 2.16 bits per heavy atom. The van der Waals surface area contributed by atoms with E-state index in [0.717, 1.165) is 18.5 Å². The molecule has 1 aromatic rings. The smallest absolute Gasteiger partial charge is 0.338 e. The number of likely N-dealkylation sites (tertiary alicyclic amines) is 1. The van der Waals surface area contributed by atoms with Crippen molar-refractivity contribution < 1.29 is 14.3 Å². The van der Waals surface area contributed by atoms with Gasteiger partial charge in [0.05, 0.1) is 12.7 Å². The number of carbonyl (C=O) groups excluding carboxylic acids is 2. The van der Waals surface area contributed by atoms with Gasteiger partial charge in [0.1, 0.15) is 0 Å². The van der Waals surface area contributed by atoms with Crippen molar-refractivity contribution in [3.8, 4) is 0 Å². The number of amides is 1. The van der Waals surface area contributed by atoms with Gasteiger partial charge in [0.2, 0.25) is 5.91 Å². The molecule has 1 aliphatic heterocycles. The molecule has 0 saturated carbocycles. The summed E-state index contributed by atoms with van der Waals surface area (Å²) in [6.07, 6.45) is 1.64. The third-order valence-electron chi connectivity index (χ3n) is 3.66. The van der Waals surface area contributed by atoms with Gasteiger partial charge < -0.3 is 9.64 Å². The van der Waals surface area contributed by atoms with Gasteiger partial charge in [-0.25, -0.2) is 4.79 Å². The van der Waals surface area contributed by atoms with E-state index < -0.39 is 0 Å². The molecule has 102 valence electrons. The van der Waals surface area contributed by atoms with E-state index in [1.165, 1.54) is 7.11 Å². The van der Waals surface area contributed by atoms with E-state index in [9.17, 15) is 9.59 Å². The molecule has 2 rings (SSSR count). The Morgan fingerprint density at radius 3 is 2.79 bits per heavy atom. The van der Waals surface area contributed by atoms with Crippen LogP contribution in [0.25, 0.3) is 0 Å². The predicted octanol–water partition coefficient (Wildman–Crippen LogP) is 2.23. The molecule has 1 aromatic carbocycles. The molecule has 0 N–H and O–H groups in total. The van der Waals surface area contributed by atoms with Crippen molar-refractivity contribution in [2.24, 2.45) is 5.92 Å². The van der Waals surface area contributed by atoms with Gasteiger partial charge in [-0.1, -0.05) is 31.5 Å².